The number of nitrogens with zero attached hydrogens (tertiary/aromatic N) is 2. The van der Waals surface area contributed by atoms with E-state index in [2.05, 4.69) is 35.1 Å². The van der Waals surface area contributed by atoms with Gasteiger partial charge in [0.05, 0.1) is 6.04 Å². The Morgan fingerprint density at radius 3 is 2.88 bits per heavy atom. The lowest BCUT2D eigenvalue weighted by atomic mass is 9.92. The summed E-state index contributed by atoms with van der Waals surface area (Å²) in [6.07, 6.45) is 7.85. The van der Waals surface area contributed by atoms with E-state index in [9.17, 15) is 0 Å². The Bertz CT molecular complexity index is 363. The van der Waals surface area contributed by atoms with Gasteiger partial charge in [-0.15, -0.1) is 0 Å². The van der Waals surface area contributed by atoms with Crippen molar-refractivity contribution in [3.8, 4) is 0 Å². The second-order valence-electron chi connectivity index (χ2n) is 4.85. The van der Waals surface area contributed by atoms with Crippen LogP contribution in [0.25, 0.3) is 0 Å². The molecule has 0 saturated heterocycles. The molecule has 3 nitrogen and oxygen atoms in total. The number of allylic oxidation sites excluding steroid dienone is 2. The van der Waals surface area contributed by atoms with Crippen molar-refractivity contribution in [3.63, 3.8) is 0 Å². The normalized spacial score (nSPS) is 26.2. The lowest BCUT2D eigenvalue weighted by Gasteiger charge is -2.26. The van der Waals surface area contributed by atoms with Gasteiger partial charge in [0.25, 0.3) is 0 Å². The molecule has 0 spiro atoms. The molecule has 3 heteroatoms. The van der Waals surface area contributed by atoms with Gasteiger partial charge in [0.2, 0.25) is 0 Å². The van der Waals surface area contributed by atoms with Crippen molar-refractivity contribution in [1.29, 1.82) is 0 Å². The van der Waals surface area contributed by atoms with Crippen LogP contribution in [0.4, 0.5) is 0 Å². The number of fused-ring (bicyclic) bond motifs is 1. The summed E-state index contributed by atoms with van der Waals surface area (Å²) in [6, 6.07) is 0.0468. The van der Waals surface area contributed by atoms with Crippen LogP contribution in [0.1, 0.15) is 6.42 Å². The molecule has 16 heavy (non-hydrogen) atoms. The molecule has 2 N–H and O–H groups in total. The number of hydrogen-bond acceptors (Lipinski definition) is 3. The van der Waals surface area contributed by atoms with Crippen molar-refractivity contribution >= 4 is 0 Å². The zero-order chi connectivity index (χ0) is 11.7. The summed E-state index contributed by atoms with van der Waals surface area (Å²) in [7, 11) is 6.26. The largest absolute Gasteiger partial charge is 0.379 e. The van der Waals surface area contributed by atoms with Gasteiger partial charge in [0, 0.05) is 32.9 Å². The molecule has 0 aromatic carbocycles. The molecule has 0 saturated carbocycles. The third-order valence-electron chi connectivity index (χ3n) is 3.30. The van der Waals surface area contributed by atoms with Gasteiger partial charge >= 0.3 is 0 Å². The molecule has 1 aliphatic carbocycles. The highest BCUT2D eigenvalue weighted by molar-refractivity contribution is 5.48. The molecular weight excluding hydrogens is 198 g/mol. The predicted octanol–water partition coefficient (Wildman–Crippen LogP) is 0.961. The maximum Gasteiger partial charge on any atom is 0.0638 e. The summed E-state index contributed by atoms with van der Waals surface area (Å²) >= 11 is 0. The number of hydrogen-bond donors (Lipinski definition) is 1. The average molecular weight is 219 g/mol. The third-order valence-corrected chi connectivity index (χ3v) is 3.30. The molecule has 2 rings (SSSR count). The fourth-order valence-corrected chi connectivity index (χ4v) is 2.25. The fourth-order valence-electron chi connectivity index (χ4n) is 2.25. The zero-order valence-corrected chi connectivity index (χ0v) is 10.4. The third kappa shape index (κ3) is 2.20. The van der Waals surface area contributed by atoms with Gasteiger partial charge in [0.1, 0.15) is 0 Å². The van der Waals surface area contributed by atoms with Gasteiger partial charge in [-0.1, -0.05) is 12.2 Å². The first kappa shape index (κ1) is 11.4. The highest BCUT2D eigenvalue weighted by atomic mass is 15.1. The maximum absolute atomic E-state index is 6.15. The van der Waals surface area contributed by atoms with Crippen LogP contribution >= 0.6 is 0 Å². The Morgan fingerprint density at radius 2 is 2.19 bits per heavy atom. The molecule has 0 radical (unpaired) electrons. The van der Waals surface area contributed by atoms with Gasteiger partial charge in [-0.25, -0.2) is 0 Å². The topological polar surface area (TPSA) is 32.5 Å². The maximum atomic E-state index is 6.15. The second-order valence-corrected chi connectivity index (χ2v) is 4.85. The Kier molecular flexibility index (Phi) is 3.17. The molecular formula is C13H21N3. The zero-order valence-electron chi connectivity index (χ0n) is 10.4. The Hall–Kier alpha value is -1.06. The highest BCUT2D eigenvalue weighted by Gasteiger charge is 2.20. The van der Waals surface area contributed by atoms with Crippen LogP contribution in [0.5, 0.6) is 0 Å². The first-order valence-electron chi connectivity index (χ1n) is 5.82. The highest BCUT2D eigenvalue weighted by Crippen LogP contribution is 2.27. The van der Waals surface area contributed by atoms with Gasteiger partial charge in [-0.3, -0.25) is 0 Å². The monoisotopic (exact) mass is 219 g/mol. The molecule has 0 aromatic heterocycles. The first-order chi connectivity index (χ1) is 7.58. The molecule has 0 amide bonds. The van der Waals surface area contributed by atoms with E-state index in [4.69, 9.17) is 5.73 Å². The lowest BCUT2D eigenvalue weighted by Crippen LogP contribution is -2.31. The molecule has 1 aliphatic heterocycles. The van der Waals surface area contributed by atoms with Gasteiger partial charge in [0.15, 0.2) is 0 Å². The van der Waals surface area contributed by atoms with E-state index in [0.29, 0.717) is 0 Å². The van der Waals surface area contributed by atoms with Gasteiger partial charge < -0.3 is 15.5 Å². The van der Waals surface area contributed by atoms with E-state index < -0.39 is 0 Å². The minimum Gasteiger partial charge on any atom is -0.379 e. The molecule has 0 aromatic rings. The summed E-state index contributed by atoms with van der Waals surface area (Å²) < 4.78 is 0. The van der Waals surface area contributed by atoms with E-state index >= 15 is 0 Å². The van der Waals surface area contributed by atoms with E-state index in [-0.39, 0.29) is 6.04 Å². The van der Waals surface area contributed by atoms with E-state index in [1.54, 1.807) is 0 Å². The smallest absolute Gasteiger partial charge is 0.0638 e. The Balaban J connectivity index is 2.30. The summed E-state index contributed by atoms with van der Waals surface area (Å²) in [6.45, 7) is 2.14. The van der Waals surface area contributed by atoms with Crippen LogP contribution in [0.3, 0.4) is 0 Å². The van der Waals surface area contributed by atoms with Crippen LogP contribution in [0, 0.1) is 0 Å². The van der Waals surface area contributed by atoms with Crippen molar-refractivity contribution in [2.24, 2.45) is 5.73 Å². The van der Waals surface area contributed by atoms with Crippen LogP contribution in [-0.2, 0) is 0 Å². The fraction of sp³-hybridized carbons (Fsp3) is 0.538. The van der Waals surface area contributed by atoms with Gasteiger partial charge in [-0.2, -0.15) is 0 Å². The van der Waals surface area contributed by atoms with Crippen molar-refractivity contribution in [3.05, 3.63) is 35.1 Å². The summed E-state index contributed by atoms with van der Waals surface area (Å²) in [5.41, 5.74) is 10.1. The summed E-state index contributed by atoms with van der Waals surface area (Å²) in [4.78, 5) is 4.44. The van der Waals surface area contributed by atoms with E-state index in [0.717, 1.165) is 19.5 Å². The van der Waals surface area contributed by atoms with Crippen molar-refractivity contribution in [1.82, 2.24) is 9.80 Å². The molecule has 1 atom stereocenters. The second kappa shape index (κ2) is 4.44. The van der Waals surface area contributed by atoms with Crippen molar-refractivity contribution in [2.45, 2.75) is 12.5 Å². The van der Waals surface area contributed by atoms with Crippen LogP contribution < -0.4 is 5.73 Å². The van der Waals surface area contributed by atoms with Crippen LogP contribution in [-0.4, -0.2) is 50.1 Å². The summed E-state index contributed by atoms with van der Waals surface area (Å²) in [5.74, 6) is 0. The van der Waals surface area contributed by atoms with Crippen LogP contribution in [0.15, 0.2) is 35.1 Å². The molecule has 1 heterocycles. The molecule has 0 fully saturated rings. The lowest BCUT2D eigenvalue weighted by molar-refractivity contribution is 0.380. The predicted molar refractivity (Wildman–Crippen MR) is 68.0 cm³/mol. The Morgan fingerprint density at radius 1 is 1.44 bits per heavy atom. The molecule has 2 aliphatic rings. The SMILES string of the molecule is CN1CC=C2C=C(N(C)C)C(N)C=C2CC1. The minimum atomic E-state index is 0.0468. The minimum absolute atomic E-state index is 0.0468. The van der Waals surface area contributed by atoms with Crippen molar-refractivity contribution in [2.75, 3.05) is 34.2 Å². The standard InChI is InChI=1S/C13H21N3/c1-15(2)13-9-11-5-7-16(3)6-4-10(11)8-12(13)14/h5,8-9,12H,4,6-7,14H2,1-3H3. The molecule has 0 bridgehead atoms. The quantitative estimate of drug-likeness (QED) is 0.713. The van der Waals surface area contributed by atoms with E-state index in [1.165, 1.54) is 16.8 Å². The average Bonchev–Trinajstić information content (AvgIpc) is 2.40. The van der Waals surface area contributed by atoms with Gasteiger partial charge in [-0.05, 0) is 30.7 Å². The summed E-state index contributed by atoms with van der Waals surface area (Å²) in [5, 5.41) is 0. The van der Waals surface area contributed by atoms with Crippen LogP contribution in [0.2, 0.25) is 0 Å². The molecule has 1 unspecified atom stereocenters. The van der Waals surface area contributed by atoms with Crippen molar-refractivity contribution < 1.29 is 0 Å². The number of likely N-dealkylation sites (N-methyl/N-ethyl adjacent to an activating group) is 2. The Labute approximate surface area is 97.9 Å². The number of nitrogens with two attached hydrogens (primary N) is 1. The molecule has 88 valence electrons. The first-order valence-corrected chi connectivity index (χ1v) is 5.82. The van der Waals surface area contributed by atoms with E-state index in [1.807, 2.05) is 14.1 Å². The number of rotatable bonds is 1.